The first-order valence-electron chi connectivity index (χ1n) is 8.98. The predicted octanol–water partition coefficient (Wildman–Crippen LogP) is 2.49. The van der Waals surface area contributed by atoms with Gasteiger partial charge in [0.25, 0.3) is 0 Å². The SMILES string of the molecule is CCC/C(=N\OCC)C1=C(O)CC(C2CCC(O)C(O)C2)CC1=O. The molecule has 6 nitrogen and oxygen atoms in total. The van der Waals surface area contributed by atoms with Crippen LogP contribution < -0.4 is 0 Å². The number of ketones is 1. The summed E-state index contributed by atoms with van der Waals surface area (Å²) in [7, 11) is 0. The van der Waals surface area contributed by atoms with Crippen molar-refractivity contribution in [2.45, 2.75) is 71.0 Å². The zero-order valence-electron chi connectivity index (χ0n) is 14.6. The molecule has 2 aliphatic rings. The van der Waals surface area contributed by atoms with Crippen LogP contribution in [0.1, 0.15) is 58.8 Å². The van der Waals surface area contributed by atoms with E-state index in [-0.39, 0.29) is 23.4 Å². The van der Waals surface area contributed by atoms with Crippen LogP contribution in [0.5, 0.6) is 0 Å². The summed E-state index contributed by atoms with van der Waals surface area (Å²) < 4.78 is 0. The monoisotopic (exact) mass is 339 g/mol. The van der Waals surface area contributed by atoms with Crippen molar-refractivity contribution in [1.82, 2.24) is 0 Å². The fourth-order valence-electron chi connectivity index (χ4n) is 3.77. The Labute approximate surface area is 143 Å². The summed E-state index contributed by atoms with van der Waals surface area (Å²) in [4.78, 5) is 17.7. The van der Waals surface area contributed by atoms with E-state index in [1.165, 1.54) is 0 Å². The van der Waals surface area contributed by atoms with E-state index in [1.807, 2.05) is 13.8 Å². The lowest BCUT2D eigenvalue weighted by molar-refractivity contribution is -0.118. The first-order valence-corrected chi connectivity index (χ1v) is 8.98. The van der Waals surface area contributed by atoms with Gasteiger partial charge in [-0.05, 0) is 44.4 Å². The summed E-state index contributed by atoms with van der Waals surface area (Å²) >= 11 is 0. The molecule has 0 aliphatic heterocycles. The molecule has 6 heteroatoms. The molecule has 4 atom stereocenters. The Morgan fingerprint density at radius 3 is 2.50 bits per heavy atom. The molecule has 1 saturated carbocycles. The van der Waals surface area contributed by atoms with Gasteiger partial charge >= 0.3 is 0 Å². The van der Waals surface area contributed by atoms with E-state index < -0.39 is 12.2 Å². The number of oxime groups is 1. The molecule has 3 N–H and O–H groups in total. The number of aliphatic hydroxyl groups is 3. The highest BCUT2D eigenvalue weighted by Crippen LogP contribution is 2.39. The van der Waals surface area contributed by atoms with Crippen LogP contribution in [0.2, 0.25) is 0 Å². The molecule has 0 aromatic rings. The molecule has 4 unspecified atom stereocenters. The van der Waals surface area contributed by atoms with Crippen molar-refractivity contribution in [3.05, 3.63) is 11.3 Å². The highest BCUT2D eigenvalue weighted by molar-refractivity contribution is 6.23. The van der Waals surface area contributed by atoms with Gasteiger partial charge in [-0.3, -0.25) is 4.79 Å². The topological polar surface area (TPSA) is 99.3 Å². The quantitative estimate of drug-likeness (QED) is 0.510. The van der Waals surface area contributed by atoms with Crippen LogP contribution in [-0.2, 0) is 9.63 Å². The molecule has 2 rings (SSSR count). The van der Waals surface area contributed by atoms with Gasteiger partial charge in [-0.2, -0.15) is 0 Å². The van der Waals surface area contributed by atoms with Crippen LogP contribution in [0.25, 0.3) is 0 Å². The van der Waals surface area contributed by atoms with Crippen LogP contribution in [0.4, 0.5) is 0 Å². The number of rotatable bonds is 6. The number of hydrogen-bond acceptors (Lipinski definition) is 6. The van der Waals surface area contributed by atoms with E-state index in [0.717, 1.165) is 12.8 Å². The van der Waals surface area contributed by atoms with Gasteiger partial charge in [0.15, 0.2) is 5.78 Å². The summed E-state index contributed by atoms with van der Waals surface area (Å²) in [6, 6.07) is 0. The van der Waals surface area contributed by atoms with Gasteiger partial charge in [-0.1, -0.05) is 18.5 Å². The van der Waals surface area contributed by atoms with E-state index in [2.05, 4.69) is 5.16 Å². The number of aliphatic hydroxyl groups excluding tert-OH is 3. The summed E-state index contributed by atoms with van der Waals surface area (Å²) in [6.07, 6.45) is 2.56. The second-order valence-corrected chi connectivity index (χ2v) is 6.83. The number of Topliss-reactive ketones (excluding diaryl/α,β-unsaturated/α-hetero) is 1. The molecule has 1 fully saturated rings. The lowest BCUT2D eigenvalue weighted by Crippen LogP contribution is -2.38. The fourth-order valence-corrected chi connectivity index (χ4v) is 3.77. The third-order valence-electron chi connectivity index (χ3n) is 5.04. The standard InChI is InChI=1S/C18H29NO5/c1-3-5-13(19-24-4-2)18-16(22)9-12(10-17(18)23)11-6-7-14(20)15(21)8-11/h11-12,14-15,20-22H,3-10H2,1-2H3/b19-13+. The van der Waals surface area contributed by atoms with Crippen LogP contribution >= 0.6 is 0 Å². The molecular formula is C18H29NO5. The van der Waals surface area contributed by atoms with Gasteiger partial charge in [0.05, 0.1) is 23.5 Å². The van der Waals surface area contributed by atoms with Crippen molar-refractivity contribution in [3.63, 3.8) is 0 Å². The number of allylic oxidation sites excluding steroid dienone is 2. The summed E-state index contributed by atoms with van der Waals surface area (Å²) in [6.45, 7) is 4.23. The average molecular weight is 339 g/mol. The van der Waals surface area contributed by atoms with E-state index in [0.29, 0.717) is 50.0 Å². The van der Waals surface area contributed by atoms with E-state index >= 15 is 0 Å². The highest BCUT2D eigenvalue weighted by atomic mass is 16.6. The largest absolute Gasteiger partial charge is 0.511 e. The van der Waals surface area contributed by atoms with Crippen molar-refractivity contribution in [3.8, 4) is 0 Å². The van der Waals surface area contributed by atoms with Crippen LogP contribution in [0.3, 0.4) is 0 Å². The molecule has 24 heavy (non-hydrogen) atoms. The maximum Gasteiger partial charge on any atom is 0.168 e. The molecule has 0 aromatic heterocycles. The Kier molecular flexibility index (Phi) is 6.80. The number of carbonyl (C=O) groups excluding carboxylic acids is 1. The van der Waals surface area contributed by atoms with Gasteiger partial charge in [0.1, 0.15) is 12.4 Å². The molecule has 2 aliphatic carbocycles. The molecule has 0 radical (unpaired) electrons. The molecule has 0 spiro atoms. The maximum absolute atomic E-state index is 12.6. The first kappa shape index (κ1) is 18.9. The number of nitrogens with zero attached hydrogens (tertiary/aromatic N) is 1. The molecule has 0 amide bonds. The lowest BCUT2D eigenvalue weighted by atomic mass is 9.71. The molecular weight excluding hydrogens is 310 g/mol. The second kappa shape index (κ2) is 8.62. The van der Waals surface area contributed by atoms with Gasteiger partial charge in [-0.15, -0.1) is 0 Å². The predicted molar refractivity (Wildman–Crippen MR) is 90.7 cm³/mol. The lowest BCUT2D eigenvalue weighted by Gasteiger charge is -2.36. The van der Waals surface area contributed by atoms with Crippen LogP contribution in [0.15, 0.2) is 16.5 Å². The summed E-state index contributed by atoms with van der Waals surface area (Å²) in [5.41, 5.74) is 0.845. The maximum atomic E-state index is 12.6. The van der Waals surface area contributed by atoms with Gasteiger partial charge in [0.2, 0.25) is 0 Å². The second-order valence-electron chi connectivity index (χ2n) is 6.83. The van der Waals surface area contributed by atoms with Crippen molar-refractivity contribution in [2.24, 2.45) is 17.0 Å². The fraction of sp³-hybridized carbons (Fsp3) is 0.778. The van der Waals surface area contributed by atoms with E-state index in [4.69, 9.17) is 4.84 Å². The Bertz CT molecular complexity index is 514. The van der Waals surface area contributed by atoms with Crippen LogP contribution in [0, 0.1) is 11.8 Å². The minimum absolute atomic E-state index is 0.0124. The average Bonchev–Trinajstić information content (AvgIpc) is 2.54. The van der Waals surface area contributed by atoms with Gasteiger partial charge < -0.3 is 20.2 Å². The molecule has 136 valence electrons. The smallest absolute Gasteiger partial charge is 0.168 e. The van der Waals surface area contributed by atoms with Crippen LogP contribution in [-0.4, -0.2) is 45.6 Å². The third kappa shape index (κ3) is 4.36. The number of hydrogen-bond donors (Lipinski definition) is 3. The minimum atomic E-state index is -0.735. The Hall–Kier alpha value is -1.40. The minimum Gasteiger partial charge on any atom is -0.511 e. The Balaban J connectivity index is 2.14. The molecule has 0 heterocycles. The third-order valence-corrected chi connectivity index (χ3v) is 5.04. The molecule has 0 bridgehead atoms. The van der Waals surface area contributed by atoms with Crippen molar-refractivity contribution in [1.29, 1.82) is 0 Å². The summed E-state index contributed by atoms with van der Waals surface area (Å²) in [5.74, 6) is 0.146. The van der Waals surface area contributed by atoms with Gasteiger partial charge in [0, 0.05) is 12.8 Å². The molecule has 0 saturated heterocycles. The van der Waals surface area contributed by atoms with Crippen molar-refractivity contribution in [2.75, 3.05) is 6.61 Å². The Morgan fingerprint density at radius 1 is 1.17 bits per heavy atom. The number of carbonyl (C=O) groups is 1. The first-order chi connectivity index (χ1) is 11.5. The van der Waals surface area contributed by atoms with E-state index in [9.17, 15) is 20.1 Å². The highest BCUT2D eigenvalue weighted by Gasteiger charge is 2.38. The van der Waals surface area contributed by atoms with Crippen molar-refractivity contribution >= 4 is 11.5 Å². The normalized spacial score (nSPS) is 32.2. The zero-order valence-corrected chi connectivity index (χ0v) is 14.6. The molecule has 0 aromatic carbocycles. The summed E-state index contributed by atoms with van der Waals surface area (Å²) in [5, 5.41) is 34.0. The Morgan fingerprint density at radius 2 is 1.92 bits per heavy atom. The van der Waals surface area contributed by atoms with E-state index in [1.54, 1.807) is 0 Å². The van der Waals surface area contributed by atoms with Gasteiger partial charge in [-0.25, -0.2) is 0 Å². The zero-order chi connectivity index (χ0) is 17.7. The van der Waals surface area contributed by atoms with Crippen molar-refractivity contribution < 1.29 is 25.0 Å².